The van der Waals surface area contributed by atoms with Gasteiger partial charge < -0.3 is 0 Å². The van der Waals surface area contributed by atoms with E-state index in [1.807, 2.05) is 6.92 Å². The molecule has 0 saturated heterocycles. The third-order valence-electron chi connectivity index (χ3n) is 3.42. The van der Waals surface area contributed by atoms with E-state index in [-0.39, 0.29) is 0 Å². The van der Waals surface area contributed by atoms with Gasteiger partial charge in [0.05, 0.1) is 11.8 Å². The summed E-state index contributed by atoms with van der Waals surface area (Å²) in [5.41, 5.74) is 6.12. The van der Waals surface area contributed by atoms with E-state index >= 15 is 0 Å². The van der Waals surface area contributed by atoms with Crippen molar-refractivity contribution in [2.45, 2.75) is 39.7 Å². The minimum absolute atomic E-state index is 0.349. The highest BCUT2D eigenvalue weighted by Crippen LogP contribution is 2.32. The number of aryl methyl sites for hydroxylation is 1. The van der Waals surface area contributed by atoms with Crippen LogP contribution in [0.5, 0.6) is 0 Å². The normalized spacial score (nSPS) is 23.6. The summed E-state index contributed by atoms with van der Waals surface area (Å²) in [6.07, 6.45) is 0. The predicted molar refractivity (Wildman–Crippen MR) is 70.4 cm³/mol. The second-order valence-corrected chi connectivity index (χ2v) is 4.88. The fourth-order valence-electron chi connectivity index (χ4n) is 2.26. The van der Waals surface area contributed by atoms with Crippen molar-refractivity contribution in [1.29, 1.82) is 0 Å². The summed E-state index contributed by atoms with van der Waals surface area (Å²) in [6, 6.07) is 7.00. The summed E-state index contributed by atoms with van der Waals surface area (Å²) < 4.78 is 0. The molecule has 0 aromatic heterocycles. The van der Waals surface area contributed by atoms with Crippen molar-refractivity contribution < 1.29 is 0 Å². The van der Waals surface area contributed by atoms with Crippen molar-refractivity contribution in [1.82, 2.24) is 0 Å². The van der Waals surface area contributed by atoms with Crippen LogP contribution in [0.1, 0.15) is 43.4 Å². The molecule has 2 atom stereocenters. The van der Waals surface area contributed by atoms with Crippen molar-refractivity contribution in [3.05, 3.63) is 47.0 Å². The van der Waals surface area contributed by atoms with E-state index in [9.17, 15) is 0 Å². The van der Waals surface area contributed by atoms with Gasteiger partial charge in [-0.05, 0) is 38.0 Å². The maximum atomic E-state index is 4.76. The number of hydrogen-bond acceptors (Lipinski definition) is 1. The molecule has 0 N–H and O–H groups in total. The number of benzene rings is 1. The van der Waals surface area contributed by atoms with Crippen LogP contribution >= 0.6 is 0 Å². The fourth-order valence-corrected chi connectivity index (χ4v) is 2.26. The third kappa shape index (κ3) is 1.71. The van der Waals surface area contributed by atoms with E-state index in [1.54, 1.807) is 0 Å². The van der Waals surface area contributed by atoms with E-state index in [1.165, 1.54) is 16.7 Å². The first-order valence-electron chi connectivity index (χ1n) is 5.85. The molecule has 1 heteroatoms. The SMILES string of the molecule is C=C(C)C1=NC(C)C(C)c2ccc(C)cc21. The summed E-state index contributed by atoms with van der Waals surface area (Å²) >= 11 is 0. The Hall–Kier alpha value is -1.37. The molecule has 1 heterocycles. The summed E-state index contributed by atoms with van der Waals surface area (Å²) in [5.74, 6) is 0.499. The zero-order chi connectivity index (χ0) is 11.9. The molecule has 0 amide bonds. The van der Waals surface area contributed by atoms with Gasteiger partial charge in [0, 0.05) is 11.5 Å². The molecule has 84 valence electrons. The molecule has 1 aromatic rings. The third-order valence-corrected chi connectivity index (χ3v) is 3.42. The molecular formula is C15H19N. The molecule has 0 bridgehead atoms. The van der Waals surface area contributed by atoms with Crippen LogP contribution in [0, 0.1) is 6.92 Å². The van der Waals surface area contributed by atoms with Crippen LogP contribution in [0.15, 0.2) is 35.3 Å². The van der Waals surface area contributed by atoms with Gasteiger partial charge in [0.2, 0.25) is 0 Å². The highest BCUT2D eigenvalue weighted by molar-refractivity contribution is 6.13. The lowest BCUT2D eigenvalue weighted by Crippen LogP contribution is -2.22. The van der Waals surface area contributed by atoms with Gasteiger partial charge in [-0.3, -0.25) is 4.99 Å². The van der Waals surface area contributed by atoms with Crippen LogP contribution in [0.4, 0.5) is 0 Å². The van der Waals surface area contributed by atoms with Crippen LogP contribution in [-0.4, -0.2) is 11.8 Å². The molecule has 2 unspecified atom stereocenters. The highest BCUT2D eigenvalue weighted by atomic mass is 14.8. The van der Waals surface area contributed by atoms with E-state index < -0.39 is 0 Å². The smallest absolute Gasteiger partial charge is 0.0676 e. The van der Waals surface area contributed by atoms with Gasteiger partial charge in [-0.25, -0.2) is 0 Å². The zero-order valence-corrected chi connectivity index (χ0v) is 10.5. The van der Waals surface area contributed by atoms with Crippen molar-refractivity contribution in [3.8, 4) is 0 Å². The minimum atomic E-state index is 0.349. The molecule has 1 aliphatic heterocycles. The molecule has 0 spiro atoms. The van der Waals surface area contributed by atoms with Crippen LogP contribution in [-0.2, 0) is 0 Å². The lowest BCUT2D eigenvalue weighted by atomic mass is 9.83. The van der Waals surface area contributed by atoms with Crippen LogP contribution in [0.25, 0.3) is 0 Å². The van der Waals surface area contributed by atoms with Crippen LogP contribution in [0.2, 0.25) is 0 Å². The maximum Gasteiger partial charge on any atom is 0.0676 e. The molecule has 0 fully saturated rings. The minimum Gasteiger partial charge on any atom is -0.281 e. The van der Waals surface area contributed by atoms with E-state index in [4.69, 9.17) is 4.99 Å². The standard InChI is InChI=1S/C15H19N/c1-9(2)15-14-8-10(3)6-7-13(14)11(4)12(5)16-15/h6-8,11-12H,1H2,2-5H3. The Morgan fingerprint density at radius 3 is 2.62 bits per heavy atom. The molecular weight excluding hydrogens is 194 g/mol. The van der Waals surface area contributed by atoms with Crippen LogP contribution in [0.3, 0.4) is 0 Å². The summed E-state index contributed by atoms with van der Waals surface area (Å²) in [4.78, 5) is 4.76. The molecule has 0 saturated carbocycles. The first-order valence-corrected chi connectivity index (χ1v) is 5.85. The Morgan fingerprint density at radius 2 is 2.00 bits per heavy atom. The number of hydrogen-bond donors (Lipinski definition) is 0. The molecule has 1 aliphatic rings. The lowest BCUT2D eigenvalue weighted by molar-refractivity contribution is 0.605. The Labute approximate surface area is 97.9 Å². The second-order valence-electron chi connectivity index (χ2n) is 4.88. The zero-order valence-electron chi connectivity index (χ0n) is 10.5. The number of fused-ring (bicyclic) bond motifs is 1. The average molecular weight is 213 g/mol. The second kappa shape index (κ2) is 3.89. The molecule has 16 heavy (non-hydrogen) atoms. The summed E-state index contributed by atoms with van der Waals surface area (Å²) in [7, 11) is 0. The van der Waals surface area contributed by atoms with E-state index in [0.717, 1.165) is 11.3 Å². The average Bonchev–Trinajstić information content (AvgIpc) is 2.22. The van der Waals surface area contributed by atoms with Gasteiger partial charge >= 0.3 is 0 Å². The van der Waals surface area contributed by atoms with Gasteiger partial charge in [0.1, 0.15) is 0 Å². The first-order chi connectivity index (χ1) is 7.50. The highest BCUT2D eigenvalue weighted by Gasteiger charge is 2.24. The van der Waals surface area contributed by atoms with Crippen molar-refractivity contribution >= 4 is 5.71 Å². The predicted octanol–water partition coefficient (Wildman–Crippen LogP) is 3.87. The first kappa shape index (κ1) is 11.1. The Balaban J connectivity index is 2.64. The van der Waals surface area contributed by atoms with E-state index in [0.29, 0.717) is 12.0 Å². The van der Waals surface area contributed by atoms with Gasteiger partial charge in [0.25, 0.3) is 0 Å². The Morgan fingerprint density at radius 1 is 1.31 bits per heavy atom. The van der Waals surface area contributed by atoms with Crippen LogP contribution < -0.4 is 0 Å². The summed E-state index contributed by atoms with van der Waals surface area (Å²) in [5, 5.41) is 0. The lowest BCUT2D eigenvalue weighted by Gasteiger charge is -2.27. The topological polar surface area (TPSA) is 12.4 Å². The monoisotopic (exact) mass is 213 g/mol. The molecule has 1 aromatic carbocycles. The maximum absolute atomic E-state index is 4.76. The fraction of sp³-hybridized carbons (Fsp3) is 0.400. The van der Waals surface area contributed by atoms with E-state index in [2.05, 4.69) is 45.5 Å². The molecule has 0 aliphatic carbocycles. The Kier molecular flexibility index (Phi) is 2.71. The molecule has 1 nitrogen and oxygen atoms in total. The molecule has 0 radical (unpaired) electrons. The molecule has 2 rings (SSSR count). The largest absolute Gasteiger partial charge is 0.281 e. The van der Waals surface area contributed by atoms with Gasteiger partial charge in [-0.1, -0.05) is 31.2 Å². The Bertz CT molecular complexity index is 468. The van der Waals surface area contributed by atoms with Crippen molar-refractivity contribution in [2.75, 3.05) is 0 Å². The van der Waals surface area contributed by atoms with Crippen molar-refractivity contribution in [2.24, 2.45) is 4.99 Å². The van der Waals surface area contributed by atoms with Crippen molar-refractivity contribution in [3.63, 3.8) is 0 Å². The summed E-state index contributed by atoms with van der Waals surface area (Å²) in [6.45, 7) is 12.6. The number of allylic oxidation sites excluding steroid dienone is 1. The quantitative estimate of drug-likeness (QED) is 0.671. The number of rotatable bonds is 1. The van der Waals surface area contributed by atoms with Gasteiger partial charge in [-0.2, -0.15) is 0 Å². The number of aliphatic imine (C=N–C) groups is 1. The van der Waals surface area contributed by atoms with Gasteiger partial charge in [0.15, 0.2) is 0 Å². The number of nitrogens with zero attached hydrogens (tertiary/aromatic N) is 1. The van der Waals surface area contributed by atoms with Gasteiger partial charge in [-0.15, -0.1) is 0 Å².